The highest BCUT2D eigenvalue weighted by atomic mass is 15.0. The van der Waals surface area contributed by atoms with Crippen LogP contribution in [0.1, 0.15) is 31.9 Å². The van der Waals surface area contributed by atoms with E-state index in [9.17, 15) is 0 Å². The highest BCUT2D eigenvalue weighted by Gasteiger charge is 2.12. The molecular weight excluding hydrogens is 643 g/mol. The van der Waals surface area contributed by atoms with Gasteiger partial charge in [0, 0.05) is 28.7 Å². The van der Waals surface area contributed by atoms with Gasteiger partial charge in [0.2, 0.25) is 0 Å². The molecule has 0 aliphatic heterocycles. The summed E-state index contributed by atoms with van der Waals surface area (Å²) in [6, 6.07) is 62.4. The molecule has 7 aromatic carbocycles. The number of aromatic nitrogens is 1. The van der Waals surface area contributed by atoms with Crippen molar-refractivity contribution in [2.24, 2.45) is 0 Å². The summed E-state index contributed by atoms with van der Waals surface area (Å²) in [6.45, 7) is 6.82. The van der Waals surface area contributed by atoms with Gasteiger partial charge in [0.05, 0.1) is 22.4 Å². The van der Waals surface area contributed by atoms with Crippen LogP contribution in [0.4, 0.5) is 17.1 Å². The Kier molecular flexibility index (Phi) is 10.9. The maximum absolute atomic E-state index is 3.61. The normalized spacial score (nSPS) is 11.4. The molecule has 0 saturated carbocycles. The number of nitrogens with one attached hydrogen (secondary N) is 2. The summed E-state index contributed by atoms with van der Waals surface area (Å²) in [5.74, 6) is 0. The van der Waals surface area contributed by atoms with Crippen LogP contribution in [0, 0.1) is 0 Å². The summed E-state index contributed by atoms with van der Waals surface area (Å²) in [6.07, 6.45) is 6.57. The lowest BCUT2D eigenvalue weighted by atomic mass is 9.99. The number of para-hydroxylation sites is 5. The zero-order chi connectivity index (χ0) is 36.4. The first-order valence-corrected chi connectivity index (χ1v) is 18.5. The first-order chi connectivity index (χ1) is 26.2. The number of anilines is 3. The Morgan fingerprint density at radius 1 is 0.509 bits per heavy atom. The molecule has 3 nitrogen and oxygen atoms in total. The molecule has 53 heavy (non-hydrogen) atoms. The first-order valence-electron chi connectivity index (χ1n) is 18.5. The molecule has 3 heteroatoms. The Morgan fingerprint density at radius 2 is 0.981 bits per heavy atom. The Labute approximate surface area is 313 Å². The van der Waals surface area contributed by atoms with Gasteiger partial charge in [-0.2, -0.15) is 0 Å². The lowest BCUT2D eigenvalue weighted by molar-refractivity contribution is 1.15. The molecule has 0 radical (unpaired) electrons. The average molecular weight is 688 g/mol. The number of allylic oxidation sites excluding steroid dienone is 3. The number of hydrogen-bond donors (Lipinski definition) is 2. The third-order valence-electron chi connectivity index (χ3n) is 9.37. The van der Waals surface area contributed by atoms with E-state index in [2.05, 4.69) is 198 Å². The van der Waals surface area contributed by atoms with Crippen molar-refractivity contribution in [3.05, 3.63) is 199 Å². The third kappa shape index (κ3) is 7.85. The van der Waals surface area contributed by atoms with E-state index in [-0.39, 0.29) is 0 Å². The summed E-state index contributed by atoms with van der Waals surface area (Å²) in [7, 11) is 0. The van der Waals surface area contributed by atoms with Crippen LogP contribution in [-0.2, 0) is 6.54 Å². The van der Waals surface area contributed by atoms with Crippen molar-refractivity contribution in [1.29, 1.82) is 0 Å². The molecule has 8 aromatic rings. The Balaban J connectivity index is 0.00000214. The van der Waals surface area contributed by atoms with Crippen LogP contribution in [0.3, 0.4) is 0 Å². The lowest BCUT2D eigenvalue weighted by Gasteiger charge is -2.14. The second-order valence-electron chi connectivity index (χ2n) is 12.7. The summed E-state index contributed by atoms with van der Waals surface area (Å²) in [5.41, 5.74) is 14.0. The molecule has 2 N–H and O–H groups in total. The van der Waals surface area contributed by atoms with Gasteiger partial charge in [-0.25, -0.2) is 0 Å². The molecule has 0 amide bonds. The fourth-order valence-electron chi connectivity index (χ4n) is 6.79. The van der Waals surface area contributed by atoms with Gasteiger partial charge in [-0.15, -0.1) is 0 Å². The fourth-order valence-corrected chi connectivity index (χ4v) is 6.79. The fraction of sp³-hybridized carbons (Fsp3) is 0.0800. The zero-order valence-electron chi connectivity index (χ0n) is 30.6. The Bertz CT molecular complexity index is 2410. The van der Waals surface area contributed by atoms with Crippen LogP contribution in [0.5, 0.6) is 0 Å². The molecule has 260 valence electrons. The van der Waals surface area contributed by atoms with Crippen LogP contribution in [0.15, 0.2) is 188 Å². The number of rotatable bonds is 10. The molecule has 0 spiro atoms. The van der Waals surface area contributed by atoms with Crippen LogP contribution >= 0.6 is 0 Å². The van der Waals surface area contributed by atoms with E-state index in [0.29, 0.717) is 0 Å². The highest BCUT2D eigenvalue weighted by Crippen LogP contribution is 2.33. The van der Waals surface area contributed by atoms with Crippen LogP contribution in [-0.4, -0.2) is 4.57 Å². The Morgan fingerprint density at radius 3 is 1.55 bits per heavy atom. The molecule has 1 heterocycles. The van der Waals surface area contributed by atoms with E-state index in [1.807, 2.05) is 32.0 Å². The summed E-state index contributed by atoms with van der Waals surface area (Å²) in [5, 5.41) is 9.66. The molecule has 0 unspecified atom stereocenters. The van der Waals surface area contributed by atoms with Crippen molar-refractivity contribution in [2.75, 3.05) is 10.6 Å². The largest absolute Gasteiger partial charge is 0.379 e. The van der Waals surface area contributed by atoms with Gasteiger partial charge in [0.15, 0.2) is 0 Å². The van der Waals surface area contributed by atoms with Crippen molar-refractivity contribution < 1.29 is 0 Å². The molecule has 0 aliphatic carbocycles. The van der Waals surface area contributed by atoms with Gasteiger partial charge in [0.25, 0.3) is 0 Å². The number of nitrogens with zero attached hydrogens (tertiary/aromatic N) is 1. The summed E-state index contributed by atoms with van der Waals surface area (Å²) >= 11 is 0. The van der Waals surface area contributed by atoms with Crippen LogP contribution in [0.25, 0.3) is 55.8 Å². The van der Waals surface area contributed by atoms with Crippen molar-refractivity contribution in [1.82, 2.24) is 4.57 Å². The number of benzene rings is 7. The van der Waals surface area contributed by atoms with Gasteiger partial charge in [-0.1, -0.05) is 159 Å². The van der Waals surface area contributed by atoms with E-state index in [0.717, 1.165) is 34.9 Å². The lowest BCUT2D eigenvalue weighted by Crippen LogP contribution is -2.02. The van der Waals surface area contributed by atoms with E-state index in [4.69, 9.17) is 0 Å². The SMILES string of the molecule is C/C=C\C(=C/c1ccc(-c2ccc(-c3ccc(CNc4ccccc4Nc4ccccc4)cc3)cc2)cc1)n1c2ccccc2c2ccccc21.CC. The van der Waals surface area contributed by atoms with Gasteiger partial charge in [-0.3, -0.25) is 0 Å². The first kappa shape index (κ1) is 34.9. The summed E-state index contributed by atoms with van der Waals surface area (Å²) in [4.78, 5) is 0. The molecule has 1 aromatic heterocycles. The monoisotopic (exact) mass is 687 g/mol. The Hall–Kier alpha value is -6.58. The predicted molar refractivity (Wildman–Crippen MR) is 231 cm³/mol. The third-order valence-corrected chi connectivity index (χ3v) is 9.37. The van der Waals surface area contributed by atoms with E-state index < -0.39 is 0 Å². The zero-order valence-corrected chi connectivity index (χ0v) is 30.6. The van der Waals surface area contributed by atoms with Gasteiger partial charge < -0.3 is 15.2 Å². The standard InChI is InChI=1S/C48H39N3.C2H6/c1-2-12-42(51-47-19-10-6-15-43(47)44-16-7-11-20-48(44)51)33-35-21-25-37(26-22-35)39-29-31-40(32-30-39)38-27-23-36(24-28-38)34-49-45-17-8-9-18-46(45)50-41-13-4-3-5-14-41;1-2/h2-33,49-50H,34H2,1H3;1-2H3/b12-2-,42-33+;. The van der Waals surface area contributed by atoms with Gasteiger partial charge in [0.1, 0.15) is 0 Å². The van der Waals surface area contributed by atoms with E-state index in [1.54, 1.807) is 0 Å². The average Bonchev–Trinajstić information content (AvgIpc) is 3.56. The minimum Gasteiger partial charge on any atom is -0.379 e. The van der Waals surface area contributed by atoms with E-state index >= 15 is 0 Å². The number of fused-ring (bicyclic) bond motifs is 3. The molecule has 0 fully saturated rings. The molecule has 0 aliphatic rings. The minimum atomic E-state index is 0.743. The summed E-state index contributed by atoms with van der Waals surface area (Å²) < 4.78 is 2.37. The minimum absolute atomic E-state index is 0.743. The van der Waals surface area contributed by atoms with Gasteiger partial charge in [-0.05, 0) is 88.9 Å². The van der Waals surface area contributed by atoms with Crippen molar-refractivity contribution in [2.45, 2.75) is 27.3 Å². The molecule has 0 bridgehead atoms. The van der Waals surface area contributed by atoms with Crippen molar-refractivity contribution in [3.8, 4) is 22.3 Å². The van der Waals surface area contributed by atoms with Crippen LogP contribution < -0.4 is 10.6 Å². The second kappa shape index (κ2) is 16.6. The number of hydrogen-bond acceptors (Lipinski definition) is 2. The smallest absolute Gasteiger partial charge is 0.0620 e. The molecular formula is C50H45N3. The van der Waals surface area contributed by atoms with Crippen LogP contribution in [0.2, 0.25) is 0 Å². The molecule has 0 atom stereocenters. The van der Waals surface area contributed by atoms with Gasteiger partial charge >= 0.3 is 0 Å². The van der Waals surface area contributed by atoms with Crippen molar-refractivity contribution >= 4 is 50.6 Å². The highest BCUT2D eigenvalue weighted by molar-refractivity contribution is 6.11. The maximum atomic E-state index is 3.61. The van der Waals surface area contributed by atoms with Crippen molar-refractivity contribution in [3.63, 3.8) is 0 Å². The van der Waals surface area contributed by atoms with E-state index in [1.165, 1.54) is 49.6 Å². The predicted octanol–water partition coefficient (Wildman–Crippen LogP) is 14.1. The molecule has 0 saturated heterocycles. The second-order valence-corrected chi connectivity index (χ2v) is 12.7. The topological polar surface area (TPSA) is 29.0 Å². The quantitative estimate of drug-likeness (QED) is 0.140. The maximum Gasteiger partial charge on any atom is 0.0620 e. The molecule has 8 rings (SSSR count).